The number of fused-ring (bicyclic) bond motifs is 2. The first kappa shape index (κ1) is 21.7. The van der Waals surface area contributed by atoms with E-state index >= 15 is 0 Å². The molecule has 0 spiro atoms. The van der Waals surface area contributed by atoms with Crippen molar-refractivity contribution in [1.29, 1.82) is 0 Å². The summed E-state index contributed by atoms with van der Waals surface area (Å²) in [6.07, 6.45) is 0.350. The SMILES string of the molecule is O=C([O-])CCCNC(=O)c1c2ccccc2[n+](CCCS(=O)(=O)O)c2ccccc12. The molecular formula is C21H22N2O6S. The number of carbonyl (C=O) groups excluding carboxylic acids is 2. The van der Waals surface area contributed by atoms with Crippen molar-refractivity contribution < 1.29 is 32.2 Å². The molecule has 0 atom stereocenters. The third-order valence-electron chi connectivity index (χ3n) is 4.78. The Labute approximate surface area is 173 Å². The number of rotatable bonds is 9. The van der Waals surface area contributed by atoms with Crippen LogP contribution in [0.1, 0.15) is 29.6 Å². The van der Waals surface area contributed by atoms with Gasteiger partial charge in [0.05, 0.1) is 22.1 Å². The van der Waals surface area contributed by atoms with E-state index in [1.807, 2.05) is 53.1 Å². The molecule has 3 aromatic rings. The Morgan fingerprint density at radius 2 is 1.53 bits per heavy atom. The highest BCUT2D eigenvalue weighted by molar-refractivity contribution is 7.85. The second-order valence-corrected chi connectivity index (χ2v) is 8.50. The number of aliphatic carboxylic acids is 1. The lowest BCUT2D eigenvalue weighted by Crippen LogP contribution is -2.38. The number of nitrogens with one attached hydrogen (secondary N) is 1. The summed E-state index contributed by atoms with van der Waals surface area (Å²) >= 11 is 0. The van der Waals surface area contributed by atoms with Gasteiger partial charge in [-0.05, 0) is 25.0 Å². The molecule has 3 rings (SSSR count). The van der Waals surface area contributed by atoms with Crippen molar-refractivity contribution in [3.8, 4) is 0 Å². The fraction of sp³-hybridized carbons (Fsp3) is 0.286. The Bertz CT molecular complexity index is 1150. The zero-order valence-electron chi connectivity index (χ0n) is 16.2. The third kappa shape index (κ3) is 5.11. The third-order valence-corrected chi connectivity index (χ3v) is 5.59. The molecule has 2 N–H and O–H groups in total. The molecule has 0 aliphatic heterocycles. The quantitative estimate of drug-likeness (QED) is 0.224. The van der Waals surface area contributed by atoms with Crippen molar-refractivity contribution in [2.24, 2.45) is 0 Å². The molecule has 1 heterocycles. The molecule has 0 saturated heterocycles. The lowest BCUT2D eigenvalue weighted by Gasteiger charge is -2.12. The minimum Gasteiger partial charge on any atom is -0.550 e. The Morgan fingerprint density at radius 1 is 0.967 bits per heavy atom. The highest BCUT2D eigenvalue weighted by Gasteiger charge is 2.24. The highest BCUT2D eigenvalue weighted by atomic mass is 32.2. The lowest BCUT2D eigenvalue weighted by molar-refractivity contribution is -0.645. The summed E-state index contributed by atoms with van der Waals surface area (Å²) < 4.78 is 33.2. The molecule has 30 heavy (non-hydrogen) atoms. The van der Waals surface area contributed by atoms with Crippen LogP contribution in [0.4, 0.5) is 0 Å². The van der Waals surface area contributed by atoms with Crippen LogP contribution in [0.15, 0.2) is 48.5 Å². The molecule has 0 bridgehead atoms. The number of hydrogen-bond acceptors (Lipinski definition) is 5. The highest BCUT2D eigenvalue weighted by Crippen LogP contribution is 2.25. The van der Waals surface area contributed by atoms with Crippen LogP contribution in [-0.2, 0) is 21.5 Å². The summed E-state index contributed by atoms with van der Waals surface area (Å²) in [6, 6.07) is 14.6. The van der Waals surface area contributed by atoms with Crippen LogP contribution in [0.5, 0.6) is 0 Å². The fourth-order valence-corrected chi connectivity index (χ4v) is 4.02. The molecular weight excluding hydrogens is 408 g/mol. The predicted octanol–water partition coefficient (Wildman–Crippen LogP) is 0.818. The number of carbonyl (C=O) groups is 2. The molecule has 2 aromatic carbocycles. The van der Waals surface area contributed by atoms with Gasteiger partial charge in [0, 0.05) is 31.1 Å². The normalized spacial score (nSPS) is 11.6. The molecule has 9 heteroatoms. The largest absolute Gasteiger partial charge is 0.550 e. The first-order valence-corrected chi connectivity index (χ1v) is 11.2. The van der Waals surface area contributed by atoms with Crippen LogP contribution >= 0.6 is 0 Å². The van der Waals surface area contributed by atoms with E-state index in [0.29, 0.717) is 22.9 Å². The van der Waals surface area contributed by atoms with E-state index < -0.39 is 16.1 Å². The summed E-state index contributed by atoms with van der Waals surface area (Å²) in [5, 5.41) is 14.7. The van der Waals surface area contributed by atoms with E-state index in [-0.39, 0.29) is 37.5 Å². The molecule has 0 fully saturated rings. The number of para-hydroxylation sites is 2. The maximum Gasteiger partial charge on any atom is 0.265 e. The van der Waals surface area contributed by atoms with Gasteiger partial charge in [0.2, 0.25) is 11.0 Å². The fourth-order valence-electron chi connectivity index (χ4n) is 3.53. The molecule has 0 aliphatic rings. The van der Waals surface area contributed by atoms with Crippen molar-refractivity contribution in [3.63, 3.8) is 0 Å². The average Bonchev–Trinajstić information content (AvgIpc) is 2.69. The van der Waals surface area contributed by atoms with Gasteiger partial charge in [-0.2, -0.15) is 13.0 Å². The molecule has 8 nitrogen and oxygen atoms in total. The number of carboxylic acid groups (broad SMARTS) is 1. The molecule has 0 unspecified atom stereocenters. The topological polar surface area (TPSA) is 127 Å². The average molecular weight is 430 g/mol. The van der Waals surface area contributed by atoms with Crippen LogP contribution in [0.3, 0.4) is 0 Å². The van der Waals surface area contributed by atoms with E-state index in [1.54, 1.807) is 0 Å². The number of aryl methyl sites for hydroxylation is 1. The van der Waals surface area contributed by atoms with Crippen molar-refractivity contribution in [2.75, 3.05) is 12.3 Å². The first-order valence-electron chi connectivity index (χ1n) is 9.54. The van der Waals surface area contributed by atoms with Gasteiger partial charge in [-0.15, -0.1) is 0 Å². The maximum atomic E-state index is 13.0. The number of nitrogens with zero attached hydrogens (tertiary/aromatic N) is 1. The summed E-state index contributed by atoms with van der Waals surface area (Å²) in [5.41, 5.74) is 1.98. The van der Waals surface area contributed by atoms with Crippen LogP contribution in [0.2, 0.25) is 0 Å². The molecule has 0 aliphatic carbocycles. The van der Waals surface area contributed by atoms with Gasteiger partial charge in [0.15, 0.2) is 6.54 Å². The zero-order valence-corrected chi connectivity index (χ0v) is 17.0. The van der Waals surface area contributed by atoms with Gasteiger partial charge in [-0.1, -0.05) is 24.3 Å². The van der Waals surface area contributed by atoms with Crippen LogP contribution in [-0.4, -0.2) is 37.1 Å². The minimum atomic E-state index is -4.07. The lowest BCUT2D eigenvalue weighted by atomic mass is 10.0. The van der Waals surface area contributed by atoms with Gasteiger partial charge in [-0.3, -0.25) is 9.35 Å². The van der Waals surface area contributed by atoms with Crippen LogP contribution in [0, 0.1) is 0 Å². The van der Waals surface area contributed by atoms with Gasteiger partial charge >= 0.3 is 0 Å². The summed E-state index contributed by atoms with van der Waals surface area (Å²) in [4.78, 5) is 23.5. The van der Waals surface area contributed by atoms with Crippen molar-refractivity contribution in [3.05, 3.63) is 54.1 Å². The Balaban J connectivity index is 2.04. The van der Waals surface area contributed by atoms with Crippen molar-refractivity contribution in [1.82, 2.24) is 5.32 Å². The van der Waals surface area contributed by atoms with Crippen molar-refractivity contribution >= 4 is 43.8 Å². The molecule has 0 saturated carbocycles. The first-order chi connectivity index (χ1) is 14.3. The van der Waals surface area contributed by atoms with E-state index in [9.17, 15) is 23.1 Å². The van der Waals surface area contributed by atoms with Gasteiger partial charge < -0.3 is 15.2 Å². The molecule has 1 amide bonds. The van der Waals surface area contributed by atoms with Crippen LogP contribution < -0.4 is 15.0 Å². The summed E-state index contributed by atoms with van der Waals surface area (Å²) in [6.45, 7) is 0.549. The Hall–Kier alpha value is -3.04. The van der Waals surface area contributed by atoms with Crippen LogP contribution in [0.25, 0.3) is 21.8 Å². The van der Waals surface area contributed by atoms with E-state index in [0.717, 1.165) is 11.0 Å². The summed E-state index contributed by atoms with van der Waals surface area (Å²) in [5.74, 6) is -1.83. The number of aromatic nitrogens is 1. The maximum absolute atomic E-state index is 13.0. The number of pyridine rings is 1. The molecule has 0 radical (unpaired) electrons. The standard InChI is InChI=1S/C21H22N2O6S/c24-19(25)11-5-12-22-21(26)20-15-7-1-3-9-17(15)23(13-6-14-30(27,28)29)18-10-4-2-8-16(18)20/h1-4,7-10H,5-6,11-14H2,(H2-,22,24,25,26,27,28,29). The molecule has 1 aromatic heterocycles. The van der Waals surface area contributed by atoms with Gasteiger partial charge in [0.1, 0.15) is 0 Å². The Kier molecular flexibility index (Phi) is 6.63. The minimum absolute atomic E-state index is 0.135. The number of carboxylic acids is 1. The van der Waals surface area contributed by atoms with Crippen molar-refractivity contribution in [2.45, 2.75) is 25.8 Å². The van der Waals surface area contributed by atoms with E-state index in [2.05, 4.69) is 5.32 Å². The second-order valence-electron chi connectivity index (χ2n) is 6.93. The Morgan fingerprint density at radius 3 is 2.07 bits per heavy atom. The predicted molar refractivity (Wildman–Crippen MR) is 109 cm³/mol. The number of amides is 1. The van der Waals surface area contributed by atoms with Gasteiger partial charge in [0.25, 0.3) is 16.0 Å². The number of hydrogen-bond donors (Lipinski definition) is 2. The zero-order chi connectivity index (χ0) is 21.7. The van der Waals surface area contributed by atoms with Gasteiger partial charge in [-0.25, -0.2) is 0 Å². The monoisotopic (exact) mass is 430 g/mol. The van der Waals surface area contributed by atoms with E-state index in [4.69, 9.17) is 4.55 Å². The second kappa shape index (κ2) is 9.19. The smallest absolute Gasteiger partial charge is 0.265 e. The van der Waals surface area contributed by atoms with E-state index in [1.165, 1.54) is 0 Å². The number of benzene rings is 2. The summed E-state index contributed by atoms with van der Waals surface area (Å²) in [7, 11) is -4.07. The molecule has 158 valence electrons.